The van der Waals surface area contributed by atoms with Crippen LogP contribution in [0.15, 0.2) is 23.3 Å². The van der Waals surface area contributed by atoms with Gasteiger partial charge in [0.1, 0.15) is 5.82 Å². The summed E-state index contributed by atoms with van der Waals surface area (Å²) in [6.07, 6.45) is 10.9. The Morgan fingerprint density at radius 1 is 1.08 bits per heavy atom. The Balaban J connectivity index is 1.15. The van der Waals surface area contributed by atoms with E-state index in [-0.39, 0.29) is 5.56 Å². The molecule has 3 aliphatic rings. The van der Waals surface area contributed by atoms with Crippen LogP contribution in [-0.4, -0.2) is 37.7 Å². The van der Waals surface area contributed by atoms with Crippen molar-refractivity contribution in [1.29, 1.82) is 0 Å². The zero-order chi connectivity index (χ0) is 17.5. The lowest BCUT2D eigenvalue weighted by Crippen LogP contribution is -2.49. The maximum atomic E-state index is 12.2. The van der Waals surface area contributed by atoms with Crippen molar-refractivity contribution in [3.63, 3.8) is 0 Å². The van der Waals surface area contributed by atoms with Gasteiger partial charge in [0, 0.05) is 55.5 Å². The fraction of sp³-hybridized carbons (Fsp3) is 0.600. The minimum atomic E-state index is 0.0593. The molecule has 2 aliphatic carbocycles. The predicted molar refractivity (Wildman–Crippen MR) is 97.9 cm³/mol. The number of likely N-dealkylation sites (tertiary alicyclic amines) is 1. The Labute approximate surface area is 153 Å². The normalized spacial score (nSPS) is 20.6. The molecule has 6 heteroatoms. The number of rotatable bonds is 5. The van der Waals surface area contributed by atoms with Crippen molar-refractivity contribution >= 4 is 0 Å². The fourth-order valence-electron chi connectivity index (χ4n) is 4.32. The predicted octanol–water partition coefficient (Wildman–Crippen LogP) is 1.92. The first-order chi connectivity index (χ1) is 12.7. The van der Waals surface area contributed by atoms with Gasteiger partial charge in [0.15, 0.2) is 0 Å². The molecule has 3 heterocycles. The van der Waals surface area contributed by atoms with Crippen LogP contribution in [0.25, 0.3) is 0 Å². The fourth-order valence-corrected chi connectivity index (χ4v) is 4.32. The van der Waals surface area contributed by atoms with Crippen molar-refractivity contribution in [3.05, 3.63) is 51.5 Å². The average Bonchev–Trinajstić information content (AvgIpc) is 3.00. The summed E-state index contributed by atoms with van der Waals surface area (Å²) in [6, 6.07) is 1.80. The number of fused-ring (bicyclic) bond motifs is 1. The molecule has 136 valence electrons. The van der Waals surface area contributed by atoms with E-state index in [1.165, 1.54) is 24.8 Å². The summed E-state index contributed by atoms with van der Waals surface area (Å²) in [6.45, 7) is 3.65. The lowest BCUT2D eigenvalue weighted by molar-refractivity contribution is 0.0763. The first-order valence-electron chi connectivity index (χ1n) is 9.88. The second-order valence-electron chi connectivity index (χ2n) is 8.13. The molecule has 26 heavy (non-hydrogen) atoms. The summed E-state index contributed by atoms with van der Waals surface area (Å²) in [4.78, 5) is 23.7. The molecular weight excluding hydrogens is 326 g/mol. The van der Waals surface area contributed by atoms with E-state index >= 15 is 0 Å². The third-order valence-corrected chi connectivity index (χ3v) is 6.09. The van der Waals surface area contributed by atoms with Gasteiger partial charge in [-0.3, -0.25) is 9.69 Å². The van der Waals surface area contributed by atoms with Crippen molar-refractivity contribution in [1.82, 2.24) is 24.6 Å². The quantitative estimate of drug-likeness (QED) is 0.823. The molecule has 2 aromatic heterocycles. The first-order valence-corrected chi connectivity index (χ1v) is 9.88. The second-order valence-corrected chi connectivity index (χ2v) is 8.13. The average molecular weight is 351 g/mol. The number of hydrogen-bond acceptors (Lipinski definition) is 5. The molecule has 1 aliphatic heterocycles. The minimum absolute atomic E-state index is 0.0593. The molecular formula is C20H25N5O. The van der Waals surface area contributed by atoms with Crippen LogP contribution in [0, 0.1) is 5.92 Å². The molecule has 6 nitrogen and oxygen atoms in total. The van der Waals surface area contributed by atoms with Gasteiger partial charge >= 0.3 is 0 Å². The molecule has 0 spiro atoms. The topological polar surface area (TPSA) is 63.9 Å². The summed E-state index contributed by atoms with van der Waals surface area (Å²) < 4.78 is 1.68. The number of nitrogens with zero attached hydrogens (tertiary/aromatic N) is 5. The monoisotopic (exact) mass is 351 g/mol. The number of aromatic nitrogens is 4. The summed E-state index contributed by atoms with van der Waals surface area (Å²) in [5.41, 5.74) is 3.53. The van der Waals surface area contributed by atoms with E-state index in [0.29, 0.717) is 11.8 Å². The van der Waals surface area contributed by atoms with Crippen molar-refractivity contribution in [3.8, 4) is 0 Å². The summed E-state index contributed by atoms with van der Waals surface area (Å²) in [5.74, 6) is 2.12. The number of aryl methyl sites for hydroxylation is 2. The lowest BCUT2D eigenvalue weighted by Gasteiger charge is -2.39. The van der Waals surface area contributed by atoms with E-state index in [0.717, 1.165) is 62.5 Å². The highest BCUT2D eigenvalue weighted by Crippen LogP contribution is 2.34. The van der Waals surface area contributed by atoms with Crippen molar-refractivity contribution < 1.29 is 0 Å². The summed E-state index contributed by atoms with van der Waals surface area (Å²) in [7, 11) is 0. The van der Waals surface area contributed by atoms with Gasteiger partial charge in [0.25, 0.3) is 5.56 Å². The van der Waals surface area contributed by atoms with Gasteiger partial charge < -0.3 is 0 Å². The van der Waals surface area contributed by atoms with E-state index in [9.17, 15) is 4.79 Å². The van der Waals surface area contributed by atoms with Crippen LogP contribution < -0.4 is 5.56 Å². The molecule has 2 aromatic rings. The van der Waals surface area contributed by atoms with E-state index in [1.54, 1.807) is 10.7 Å². The molecule has 0 amide bonds. The van der Waals surface area contributed by atoms with Gasteiger partial charge in [-0.05, 0) is 37.7 Å². The molecule has 0 radical (unpaired) electrons. The van der Waals surface area contributed by atoms with Gasteiger partial charge in [-0.2, -0.15) is 5.10 Å². The summed E-state index contributed by atoms with van der Waals surface area (Å²) in [5, 5.41) is 4.59. The Hall–Kier alpha value is -2.08. The van der Waals surface area contributed by atoms with E-state index in [2.05, 4.69) is 20.0 Å². The van der Waals surface area contributed by atoms with Gasteiger partial charge in [-0.25, -0.2) is 14.6 Å². The van der Waals surface area contributed by atoms with Gasteiger partial charge in [-0.15, -0.1) is 0 Å². The maximum absolute atomic E-state index is 12.2. The highest BCUT2D eigenvalue weighted by atomic mass is 16.1. The van der Waals surface area contributed by atoms with Crippen molar-refractivity contribution in [2.45, 2.75) is 57.5 Å². The molecule has 0 atom stereocenters. The van der Waals surface area contributed by atoms with Crippen LogP contribution in [0.1, 0.15) is 54.2 Å². The Morgan fingerprint density at radius 3 is 2.62 bits per heavy atom. The molecule has 0 bridgehead atoms. The molecule has 0 unspecified atom stereocenters. The maximum Gasteiger partial charge on any atom is 0.267 e. The standard InChI is InChI=1S/C20H25N5O/c26-19-7-17-5-2-6-18(17)23-25(19)13-15-11-24(12-15)10-14-8-21-20(22-9-14)16-3-1-4-16/h7-9,15-16H,1-6,10-13H2. The van der Waals surface area contributed by atoms with Crippen LogP contribution >= 0.6 is 0 Å². The van der Waals surface area contributed by atoms with Crippen molar-refractivity contribution in [2.75, 3.05) is 13.1 Å². The SMILES string of the molecule is O=c1cc2c(nn1CC1CN(Cc3cnc(C4CCC4)nc3)C1)CCC2. The molecule has 2 fully saturated rings. The molecule has 0 aromatic carbocycles. The lowest BCUT2D eigenvalue weighted by atomic mass is 9.85. The largest absolute Gasteiger partial charge is 0.298 e. The van der Waals surface area contributed by atoms with Crippen LogP contribution in [0.2, 0.25) is 0 Å². The second kappa shape index (κ2) is 6.58. The Kier molecular flexibility index (Phi) is 4.08. The molecule has 0 N–H and O–H groups in total. The van der Waals surface area contributed by atoms with Gasteiger partial charge in [-0.1, -0.05) is 6.42 Å². The van der Waals surface area contributed by atoms with E-state index in [1.807, 2.05) is 12.4 Å². The Morgan fingerprint density at radius 2 is 1.88 bits per heavy atom. The molecule has 5 rings (SSSR count). The molecule has 1 saturated carbocycles. The van der Waals surface area contributed by atoms with Gasteiger partial charge in [0.05, 0.1) is 12.2 Å². The third kappa shape index (κ3) is 3.07. The highest BCUT2D eigenvalue weighted by molar-refractivity contribution is 5.22. The van der Waals surface area contributed by atoms with Gasteiger partial charge in [0.2, 0.25) is 0 Å². The van der Waals surface area contributed by atoms with Crippen LogP contribution in [-0.2, 0) is 25.9 Å². The smallest absolute Gasteiger partial charge is 0.267 e. The minimum Gasteiger partial charge on any atom is -0.298 e. The first kappa shape index (κ1) is 16.1. The van der Waals surface area contributed by atoms with Crippen LogP contribution in [0.5, 0.6) is 0 Å². The Bertz CT molecular complexity index is 849. The zero-order valence-electron chi connectivity index (χ0n) is 15.1. The summed E-state index contributed by atoms with van der Waals surface area (Å²) >= 11 is 0. The van der Waals surface area contributed by atoms with Crippen molar-refractivity contribution in [2.24, 2.45) is 5.92 Å². The highest BCUT2D eigenvalue weighted by Gasteiger charge is 2.28. The van der Waals surface area contributed by atoms with Crippen LogP contribution in [0.3, 0.4) is 0 Å². The van der Waals surface area contributed by atoms with E-state index in [4.69, 9.17) is 0 Å². The zero-order valence-corrected chi connectivity index (χ0v) is 15.1. The number of hydrogen-bond donors (Lipinski definition) is 0. The third-order valence-electron chi connectivity index (χ3n) is 6.09. The van der Waals surface area contributed by atoms with Crippen LogP contribution in [0.4, 0.5) is 0 Å². The molecule has 1 saturated heterocycles. The van der Waals surface area contributed by atoms with E-state index < -0.39 is 0 Å².